The Bertz CT molecular complexity index is 461. The van der Waals surface area contributed by atoms with Gasteiger partial charge in [0.1, 0.15) is 5.82 Å². The smallest absolute Gasteiger partial charge is 0.256 e. The highest BCUT2D eigenvalue weighted by Gasteiger charge is 2.30. The molecule has 1 amide bonds. The number of piperidine rings is 1. The van der Waals surface area contributed by atoms with Crippen LogP contribution in [-0.4, -0.2) is 23.4 Å². The van der Waals surface area contributed by atoms with E-state index in [2.05, 4.69) is 6.92 Å². The highest BCUT2D eigenvalue weighted by atomic mass is 19.1. The first kappa shape index (κ1) is 12.9. The standard InChI is InChI=1S/C14H19FN2O/c1-9-5-4-8-17(10(9)2)14(18)11-6-3-7-12(15)13(11)16/h3,6-7,9-10H,4-5,8,16H2,1-2H3. The molecule has 18 heavy (non-hydrogen) atoms. The molecular formula is C14H19FN2O. The van der Waals surface area contributed by atoms with Gasteiger partial charge >= 0.3 is 0 Å². The topological polar surface area (TPSA) is 46.3 Å². The molecule has 1 fully saturated rings. The van der Waals surface area contributed by atoms with Crippen LogP contribution in [0.15, 0.2) is 18.2 Å². The molecule has 2 rings (SSSR count). The van der Waals surface area contributed by atoms with Gasteiger partial charge in [0.05, 0.1) is 11.3 Å². The van der Waals surface area contributed by atoms with E-state index >= 15 is 0 Å². The zero-order valence-electron chi connectivity index (χ0n) is 10.8. The highest BCUT2D eigenvalue weighted by molar-refractivity contribution is 5.99. The molecule has 1 saturated heterocycles. The minimum atomic E-state index is -0.529. The Hall–Kier alpha value is -1.58. The van der Waals surface area contributed by atoms with Crippen LogP contribution in [0.25, 0.3) is 0 Å². The Morgan fingerprint density at radius 2 is 2.17 bits per heavy atom. The maximum Gasteiger partial charge on any atom is 0.256 e. The van der Waals surface area contributed by atoms with Crippen LogP contribution in [0, 0.1) is 11.7 Å². The Morgan fingerprint density at radius 3 is 2.89 bits per heavy atom. The lowest BCUT2D eigenvalue weighted by Crippen LogP contribution is -2.46. The molecule has 4 heteroatoms. The number of hydrogen-bond donors (Lipinski definition) is 1. The predicted molar refractivity (Wildman–Crippen MR) is 69.7 cm³/mol. The molecule has 1 aliphatic heterocycles. The number of carbonyl (C=O) groups is 1. The Labute approximate surface area is 107 Å². The molecule has 0 aromatic heterocycles. The van der Waals surface area contributed by atoms with Gasteiger partial charge in [0.15, 0.2) is 0 Å². The second-order valence-electron chi connectivity index (χ2n) is 5.06. The summed E-state index contributed by atoms with van der Waals surface area (Å²) in [7, 11) is 0. The van der Waals surface area contributed by atoms with Crippen LogP contribution >= 0.6 is 0 Å². The van der Waals surface area contributed by atoms with E-state index in [-0.39, 0.29) is 23.2 Å². The largest absolute Gasteiger partial charge is 0.396 e. The van der Waals surface area contributed by atoms with Gasteiger partial charge in [0.2, 0.25) is 0 Å². The van der Waals surface area contributed by atoms with Crippen LogP contribution in [0.3, 0.4) is 0 Å². The lowest BCUT2D eigenvalue weighted by molar-refractivity contribution is 0.0551. The number of para-hydroxylation sites is 1. The summed E-state index contributed by atoms with van der Waals surface area (Å²) in [6.45, 7) is 4.90. The monoisotopic (exact) mass is 250 g/mol. The van der Waals surface area contributed by atoms with Crippen molar-refractivity contribution in [2.24, 2.45) is 5.92 Å². The van der Waals surface area contributed by atoms with Gasteiger partial charge < -0.3 is 10.6 Å². The number of carbonyl (C=O) groups excluding carboxylic acids is 1. The van der Waals surface area contributed by atoms with E-state index in [9.17, 15) is 9.18 Å². The molecule has 1 aromatic carbocycles. The summed E-state index contributed by atoms with van der Waals surface area (Å²) < 4.78 is 13.4. The quantitative estimate of drug-likeness (QED) is 0.779. The van der Waals surface area contributed by atoms with Crippen LogP contribution < -0.4 is 5.73 Å². The number of nitrogens with two attached hydrogens (primary N) is 1. The lowest BCUT2D eigenvalue weighted by Gasteiger charge is -2.38. The van der Waals surface area contributed by atoms with Gasteiger partial charge in [0.25, 0.3) is 5.91 Å². The molecule has 3 nitrogen and oxygen atoms in total. The molecule has 1 aliphatic rings. The summed E-state index contributed by atoms with van der Waals surface area (Å²) in [4.78, 5) is 14.2. The van der Waals surface area contributed by atoms with Gasteiger partial charge in [-0.3, -0.25) is 4.79 Å². The molecule has 98 valence electrons. The molecule has 1 aromatic rings. The molecule has 1 heterocycles. The van der Waals surface area contributed by atoms with Crippen molar-refractivity contribution in [2.75, 3.05) is 12.3 Å². The van der Waals surface area contributed by atoms with E-state index in [1.54, 1.807) is 11.0 Å². The average Bonchev–Trinajstić information content (AvgIpc) is 2.35. The highest BCUT2D eigenvalue weighted by Crippen LogP contribution is 2.26. The zero-order valence-corrected chi connectivity index (χ0v) is 10.8. The minimum absolute atomic E-state index is 0.0482. The van der Waals surface area contributed by atoms with Crippen molar-refractivity contribution in [3.63, 3.8) is 0 Å². The molecule has 0 saturated carbocycles. The van der Waals surface area contributed by atoms with Crippen LogP contribution in [0.2, 0.25) is 0 Å². The van der Waals surface area contributed by atoms with Crippen LogP contribution in [0.4, 0.5) is 10.1 Å². The maximum atomic E-state index is 13.4. The predicted octanol–water partition coefficient (Wildman–Crippen LogP) is 2.67. The molecule has 0 radical (unpaired) electrons. The van der Waals surface area contributed by atoms with Gasteiger partial charge in [-0.05, 0) is 37.8 Å². The van der Waals surface area contributed by atoms with Gasteiger partial charge in [-0.2, -0.15) is 0 Å². The van der Waals surface area contributed by atoms with Crippen molar-refractivity contribution in [1.29, 1.82) is 0 Å². The number of halogens is 1. The molecule has 0 aliphatic carbocycles. The number of hydrogen-bond acceptors (Lipinski definition) is 2. The van der Waals surface area contributed by atoms with E-state index in [0.29, 0.717) is 5.92 Å². The first-order chi connectivity index (χ1) is 8.52. The van der Waals surface area contributed by atoms with Gasteiger partial charge in [-0.1, -0.05) is 13.0 Å². The van der Waals surface area contributed by atoms with Gasteiger partial charge in [-0.15, -0.1) is 0 Å². The zero-order chi connectivity index (χ0) is 13.3. The second kappa shape index (κ2) is 4.96. The van der Waals surface area contributed by atoms with E-state index in [0.717, 1.165) is 19.4 Å². The molecule has 2 unspecified atom stereocenters. The third-order valence-corrected chi connectivity index (χ3v) is 3.92. The van der Waals surface area contributed by atoms with E-state index in [4.69, 9.17) is 5.73 Å². The lowest BCUT2D eigenvalue weighted by atomic mass is 9.91. The SMILES string of the molecule is CC1CCCN(C(=O)c2cccc(F)c2N)C1C. The number of nitrogens with zero attached hydrogens (tertiary/aromatic N) is 1. The van der Waals surface area contributed by atoms with Crippen molar-refractivity contribution >= 4 is 11.6 Å². The first-order valence-electron chi connectivity index (χ1n) is 6.37. The summed E-state index contributed by atoms with van der Waals surface area (Å²) >= 11 is 0. The molecule has 0 bridgehead atoms. The third-order valence-electron chi connectivity index (χ3n) is 3.92. The number of nitrogen functional groups attached to an aromatic ring is 1. The van der Waals surface area contributed by atoms with Crippen molar-refractivity contribution in [3.8, 4) is 0 Å². The van der Waals surface area contributed by atoms with Crippen molar-refractivity contribution < 1.29 is 9.18 Å². The Morgan fingerprint density at radius 1 is 1.44 bits per heavy atom. The van der Waals surface area contributed by atoms with Crippen molar-refractivity contribution in [2.45, 2.75) is 32.7 Å². The van der Waals surface area contributed by atoms with Crippen LogP contribution in [-0.2, 0) is 0 Å². The summed E-state index contributed by atoms with van der Waals surface area (Å²) in [5, 5.41) is 0. The summed E-state index contributed by atoms with van der Waals surface area (Å²) in [5.41, 5.74) is 5.87. The molecular weight excluding hydrogens is 231 g/mol. The van der Waals surface area contributed by atoms with E-state index in [1.807, 2.05) is 6.92 Å². The first-order valence-corrected chi connectivity index (χ1v) is 6.37. The number of rotatable bonds is 1. The summed E-state index contributed by atoms with van der Waals surface area (Å²) in [6.07, 6.45) is 2.12. The van der Waals surface area contributed by atoms with Gasteiger partial charge in [0, 0.05) is 12.6 Å². The number of amides is 1. The Kier molecular flexibility index (Phi) is 3.55. The fraction of sp³-hybridized carbons (Fsp3) is 0.500. The fourth-order valence-electron chi connectivity index (χ4n) is 2.50. The Balaban J connectivity index is 2.28. The van der Waals surface area contributed by atoms with Crippen LogP contribution in [0.5, 0.6) is 0 Å². The number of anilines is 1. The third kappa shape index (κ3) is 2.19. The summed E-state index contributed by atoms with van der Waals surface area (Å²) in [5.74, 6) is -0.220. The van der Waals surface area contributed by atoms with E-state index in [1.165, 1.54) is 12.1 Å². The normalized spacial score (nSPS) is 24.1. The van der Waals surface area contributed by atoms with E-state index < -0.39 is 5.82 Å². The number of benzene rings is 1. The molecule has 2 atom stereocenters. The molecule has 0 spiro atoms. The second-order valence-corrected chi connectivity index (χ2v) is 5.06. The van der Waals surface area contributed by atoms with Crippen molar-refractivity contribution in [1.82, 2.24) is 4.90 Å². The minimum Gasteiger partial charge on any atom is -0.396 e. The summed E-state index contributed by atoms with van der Waals surface area (Å²) in [6, 6.07) is 4.56. The van der Waals surface area contributed by atoms with Crippen molar-refractivity contribution in [3.05, 3.63) is 29.6 Å². The maximum absolute atomic E-state index is 13.4. The number of likely N-dealkylation sites (tertiary alicyclic amines) is 1. The van der Waals surface area contributed by atoms with Gasteiger partial charge in [-0.25, -0.2) is 4.39 Å². The molecule has 2 N–H and O–H groups in total. The fourth-order valence-corrected chi connectivity index (χ4v) is 2.50. The average molecular weight is 250 g/mol. The van der Waals surface area contributed by atoms with Crippen LogP contribution in [0.1, 0.15) is 37.0 Å².